The highest BCUT2D eigenvalue weighted by atomic mass is 16.3. The van der Waals surface area contributed by atoms with Gasteiger partial charge < -0.3 is 19.2 Å². The Hall–Kier alpha value is -3.64. The first-order valence-electron chi connectivity index (χ1n) is 10.5. The number of imidazole rings is 1. The number of likely N-dealkylation sites (N-methyl/N-ethyl adjacent to an activating group) is 1. The van der Waals surface area contributed by atoms with Crippen LogP contribution in [0.4, 0.5) is 5.95 Å². The Morgan fingerprint density at radius 1 is 0.935 bits per heavy atom. The van der Waals surface area contributed by atoms with E-state index in [1.807, 2.05) is 54.6 Å². The van der Waals surface area contributed by atoms with Crippen molar-refractivity contribution in [3.05, 3.63) is 70.9 Å². The highest BCUT2D eigenvalue weighted by Crippen LogP contribution is 2.28. The molecule has 0 bridgehead atoms. The summed E-state index contributed by atoms with van der Waals surface area (Å²) < 4.78 is 6.17. The molecule has 0 amide bonds. The number of benzene rings is 3. The van der Waals surface area contributed by atoms with Crippen molar-refractivity contribution in [1.29, 1.82) is 0 Å². The van der Waals surface area contributed by atoms with E-state index in [-0.39, 0.29) is 5.43 Å². The maximum absolute atomic E-state index is 12.8. The molecule has 3 aromatic carbocycles. The fourth-order valence-corrected chi connectivity index (χ4v) is 4.30. The van der Waals surface area contributed by atoms with E-state index in [0.717, 1.165) is 59.5 Å². The second kappa shape index (κ2) is 6.96. The van der Waals surface area contributed by atoms with Crippen LogP contribution in [-0.2, 0) is 0 Å². The van der Waals surface area contributed by atoms with Gasteiger partial charge in [0.05, 0.1) is 16.4 Å². The molecular formula is C25H22N4O2. The molecule has 0 spiro atoms. The number of hydrogen-bond donors (Lipinski definition) is 1. The van der Waals surface area contributed by atoms with E-state index < -0.39 is 0 Å². The normalized spacial score (nSPS) is 15.3. The van der Waals surface area contributed by atoms with Crippen LogP contribution in [0.1, 0.15) is 0 Å². The molecule has 6 rings (SSSR count). The summed E-state index contributed by atoms with van der Waals surface area (Å²) in [5.41, 5.74) is 3.27. The van der Waals surface area contributed by atoms with E-state index in [0.29, 0.717) is 16.7 Å². The van der Waals surface area contributed by atoms with Crippen LogP contribution in [0.25, 0.3) is 44.1 Å². The van der Waals surface area contributed by atoms with Crippen LogP contribution in [-0.4, -0.2) is 48.1 Å². The smallest absolute Gasteiger partial charge is 0.203 e. The number of fused-ring (bicyclic) bond motifs is 3. The summed E-state index contributed by atoms with van der Waals surface area (Å²) in [6.45, 7) is 3.96. The third kappa shape index (κ3) is 3.16. The molecule has 2 aromatic heterocycles. The molecule has 1 saturated heterocycles. The molecule has 0 atom stereocenters. The van der Waals surface area contributed by atoms with Crippen LogP contribution in [0, 0.1) is 0 Å². The largest absolute Gasteiger partial charge is 0.456 e. The van der Waals surface area contributed by atoms with E-state index in [1.54, 1.807) is 6.07 Å². The zero-order valence-corrected chi connectivity index (χ0v) is 17.3. The lowest BCUT2D eigenvalue weighted by Crippen LogP contribution is -2.44. The van der Waals surface area contributed by atoms with Gasteiger partial charge >= 0.3 is 0 Å². The van der Waals surface area contributed by atoms with Gasteiger partial charge in [-0.05, 0) is 48.2 Å². The van der Waals surface area contributed by atoms with Gasteiger partial charge in [-0.25, -0.2) is 4.98 Å². The van der Waals surface area contributed by atoms with Crippen molar-refractivity contribution in [2.45, 2.75) is 0 Å². The average Bonchev–Trinajstić information content (AvgIpc) is 3.22. The maximum atomic E-state index is 12.8. The topological polar surface area (TPSA) is 65.4 Å². The number of H-pyrrole nitrogens is 1. The molecule has 3 heterocycles. The highest BCUT2D eigenvalue weighted by molar-refractivity contribution is 5.96. The molecule has 6 heteroatoms. The van der Waals surface area contributed by atoms with Gasteiger partial charge in [0, 0.05) is 37.8 Å². The Balaban J connectivity index is 1.42. The predicted molar refractivity (Wildman–Crippen MR) is 125 cm³/mol. The number of piperazine rings is 1. The third-order valence-corrected chi connectivity index (χ3v) is 6.15. The molecule has 0 aliphatic carbocycles. The number of hydrogen-bond acceptors (Lipinski definition) is 5. The van der Waals surface area contributed by atoms with Crippen molar-refractivity contribution in [2.75, 3.05) is 38.1 Å². The van der Waals surface area contributed by atoms with Crippen LogP contribution in [0.15, 0.2) is 69.9 Å². The van der Waals surface area contributed by atoms with Gasteiger partial charge in [-0.3, -0.25) is 4.79 Å². The molecular weight excluding hydrogens is 388 g/mol. The zero-order chi connectivity index (χ0) is 20.9. The fourth-order valence-electron chi connectivity index (χ4n) is 4.30. The lowest BCUT2D eigenvalue weighted by Gasteiger charge is -2.32. The van der Waals surface area contributed by atoms with Crippen LogP contribution >= 0.6 is 0 Å². The minimum atomic E-state index is -0.0372. The van der Waals surface area contributed by atoms with Crippen LogP contribution in [0.5, 0.6) is 0 Å². The van der Waals surface area contributed by atoms with Gasteiger partial charge in [-0.15, -0.1) is 0 Å². The van der Waals surface area contributed by atoms with Gasteiger partial charge in [-0.2, -0.15) is 0 Å². The molecule has 1 aliphatic heterocycles. The van der Waals surface area contributed by atoms with Crippen molar-refractivity contribution in [3.8, 4) is 11.3 Å². The first-order valence-corrected chi connectivity index (χ1v) is 10.5. The van der Waals surface area contributed by atoms with Gasteiger partial charge in [0.15, 0.2) is 5.43 Å². The van der Waals surface area contributed by atoms with Crippen molar-refractivity contribution in [1.82, 2.24) is 14.9 Å². The van der Waals surface area contributed by atoms with Gasteiger partial charge in [0.1, 0.15) is 11.3 Å². The molecule has 1 fully saturated rings. The van der Waals surface area contributed by atoms with Gasteiger partial charge in [0.2, 0.25) is 5.95 Å². The van der Waals surface area contributed by atoms with E-state index in [2.05, 4.69) is 21.8 Å². The number of rotatable bonds is 2. The third-order valence-electron chi connectivity index (χ3n) is 6.15. The first-order chi connectivity index (χ1) is 15.1. The number of nitrogens with zero attached hydrogens (tertiary/aromatic N) is 3. The molecule has 0 saturated carbocycles. The molecule has 0 radical (unpaired) electrons. The first kappa shape index (κ1) is 18.2. The Bertz CT molecular complexity index is 1490. The summed E-state index contributed by atoms with van der Waals surface area (Å²) in [7, 11) is 2.14. The number of aromatic nitrogens is 2. The summed E-state index contributed by atoms with van der Waals surface area (Å²) >= 11 is 0. The van der Waals surface area contributed by atoms with Gasteiger partial charge in [0.25, 0.3) is 0 Å². The summed E-state index contributed by atoms with van der Waals surface area (Å²) in [6, 6.07) is 19.4. The highest BCUT2D eigenvalue weighted by Gasteiger charge is 2.18. The molecule has 154 valence electrons. The quantitative estimate of drug-likeness (QED) is 0.441. The SMILES string of the molecule is CN1CCN(c2nc3ccc(-c4cc(=O)c5cc6ccccc6cc5o4)cc3[nH]2)CC1. The minimum Gasteiger partial charge on any atom is -0.456 e. The Kier molecular flexibility index (Phi) is 4.07. The molecule has 1 aliphatic rings. The number of nitrogens with one attached hydrogen (secondary N) is 1. The maximum Gasteiger partial charge on any atom is 0.203 e. The standard InChI is InChI=1S/C25H22N4O2/c1-28-8-10-29(11-9-28)25-26-20-7-6-18(13-21(20)27-25)23-15-22(30)19-12-16-4-2-3-5-17(16)14-24(19)31-23/h2-7,12-15H,8-11H2,1H3,(H,26,27). The predicted octanol–water partition coefficient (Wildman–Crippen LogP) is 4.24. The van der Waals surface area contributed by atoms with E-state index >= 15 is 0 Å². The lowest BCUT2D eigenvalue weighted by atomic mass is 10.1. The van der Waals surface area contributed by atoms with Gasteiger partial charge in [-0.1, -0.05) is 24.3 Å². The van der Waals surface area contributed by atoms with Crippen molar-refractivity contribution in [2.24, 2.45) is 0 Å². The molecule has 5 aromatic rings. The fraction of sp³-hybridized carbons (Fsp3) is 0.200. The molecule has 1 N–H and O–H groups in total. The second-order valence-corrected chi connectivity index (χ2v) is 8.25. The van der Waals surface area contributed by atoms with Crippen LogP contribution in [0.2, 0.25) is 0 Å². The lowest BCUT2D eigenvalue weighted by molar-refractivity contribution is 0.311. The van der Waals surface area contributed by atoms with Crippen molar-refractivity contribution >= 4 is 38.7 Å². The van der Waals surface area contributed by atoms with Crippen molar-refractivity contribution in [3.63, 3.8) is 0 Å². The Labute approximate surface area is 178 Å². The minimum absolute atomic E-state index is 0.0372. The van der Waals surface area contributed by atoms with Crippen molar-refractivity contribution < 1.29 is 4.42 Å². The average molecular weight is 410 g/mol. The second-order valence-electron chi connectivity index (χ2n) is 8.25. The van der Waals surface area contributed by atoms with Crippen LogP contribution < -0.4 is 10.3 Å². The summed E-state index contributed by atoms with van der Waals surface area (Å²) in [5.74, 6) is 1.46. The van der Waals surface area contributed by atoms with E-state index in [4.69, 9.17) is 9.40 Å². The molecule has 31 heavy (non-hydrogen) atoms. The summed E-state index contributed by atoms with van der Waals surface area (Å²) in [4.78, 5) is 25.6. The molecule has 6 nitrogen and oxygen atoms in total. The number of anilines is 1. The van der Waals surface area contributed by atoms with E-state index in [9.17, 15) is 4.79 Å². The summed E-state index contributed by atoms with van der Waals surface area (Å²) in [5, 5.41) is 2.68. The van der Waals surface area contributed by atoms with Crippen LogP contribution in [0.3, 0.4) is 0 Å². The monoisotopic (exact) mass is 410 g/mol. The van der Waals surface area contributed by atoms with E-state index in [1.165, 1.54) is 0 Å². The summed E-state index contributed by atoms with van der Waals surface area (Å²) in [6.07, 6.45) is 0. The zero-order valence-electron chi connectivity index (χ0n) is 17.3. The number of aromatic amines is 1. The Morgan fingerprint density at radius 3 is 2.52 bits per heavy atom. The Morgan fingerprint density at radius 2 is 1.71 bits per heavy atom. The molecule has 0 unspecified atom stereocenters.